The number of morpholine rings is 1. The lowest BCUT2D eigenvalue weighted by atomic mass is 10.1. The topological polar surface area (TPSA) is 113 Å². The maximum absolute atomic E-state index is 13.1. The minimum atomic E-state index is -4.00. The molecule has 4 rings (SSSR count). The summed E-state index contributed by atoms with van der Waals surface area (Å²) in [5, 5.41) is 0. The van der Waals surface area contributed by atoms with Gasteiger partial charge in [-0.25, -0.2) is 16.8 Å². The number of hydrogen-bond acceptors (Lipinski definition) is 7. The number of amides is 1. The average molecular weight is 540 g/mol. The molecule has 2 aliphatic heterocycles. The van der Waals surface area contributed by atoms with E-state index in [1.54, 1.807) is 11.0 Å². The van der Waals surface area contributed by atoms with Gasteiger partial charge in [-0.15, -0.1) is 11.8 Å². The molecule has 2 fully saturated rings. The highest BCUT2D eigenvalue weighted by Gasteiger charge is 2.27. The van der Waals surface area contributed by atoms with Crippen molar-refractivity contribution in [1.82, 2.24) is 9.21 Å². The first kappa shape index (κ1) is 26.0. The molecule has 0 saturated carbocycles. The van der Waals surface area contributed by atoms with E-state index in [-0.39, 0.29) is 34.5 Å². The normalized spacial score (nSPS) is 17.8. The van der Waals surface area contributed by atoms with Crippen LogP contribution in [0.1, 0.15) is 29.6 Å². The molecule has 35 heavy (non-hydrogen) atoms. The van der Waals surface area contributed by atoms with Crippen LogP contribution >= 0.6 is 11.8 Å². The number of piperidine rings is 1. The molecule has 0 radical (unpaired) electrons. The van der Waals surface area contributed by atoms with E-state index in [2.05, 4.69) is 4.72 Å². The van der Waals surface area contributed by atoms with E-state index in [0.29, 0.717) is 31.9 Å². The van der Waals surface area contributed by atoms with Gasteiger partial charge >= 0.3 is 0 Å². The van der Waals surface area contributed by atoms with Crippen LogP contribution in [0.15, 0.2) is 57.2 Å². The maximum Gasteiger partial charge on any atom is 0.261 e. The van der Waals surface area contributed by atoms with Gasteiger partial charge in [0.15, 0.2) is 0 Å². The number of ether oxygens (including phenoxy) is 1. The van der Waals surface area contributed by atoms with Crippen LogP contribution in [0.5, 0.6) is 0 Å². The summed E-state index contributed by atoms with van der Waals surface area (Å²) in [4.78, 5) is 15.7. The van der Waals surface area contributed by atoms with E-state index in [1.807, 2.05) is 6.26 Å². The van der Waals surface area contributed by atoms with Gasteiger partial charge in [-0.3, -0.25) is 9.52 Å². The van der Waals surface area contributed by atoms with E-state index in [4.69, 9.17) is 4.74 Å². The van der Waals surface area contributed by atoms with Crippen molar-refractivity contribution >= 4 is 43.4 Å². The van der Waals surface area contributed by atoms with Crippen LogP contribution in [0, 0.1) is 0 Å². The smallest absolute Gasteiger partial charge is 0.261 e. The number of benzene rings is 2. The predicted molar refractivity (Wildman–Crippen MR) is 135 cm³/mol. The van der Waals surface area contributed by atoms with Gasteiger partial charge in [0.1, 0.15) is 0 Å². The van der Waals surface area contributed by atoms with E-state index in [1.165, 1.54) is 52.5 Å². The van der Waals surface area contributed by atoms with Crippen LogP contribution in [0.2, 0.25) is 0 Å². The second-order valence-corrected chi connectivity index (χ2v) is 12.8. The summed E-state index contributed by atoms with van der Waals surface area (Å²) in [6, 6.07) is 10.1. The van der Waals surface area contributed by atoms with Crippen molar-refractivity contribution in [2.75, 3.05) is 50.4 Å². The Hall–Kier alpha value is -2.12. The quantitative estimate of drug-likeness (QED) is 0.539. The fourth-order valence-corrected chi connectivity index (χ4v) is 7.20. The third kappa shape index (κ3) is 5.83. The van der Waals surface area contributed by atoms with Gasteiger partial charge in [0.25, 0.3) is 15.9 Å². The van der Waals surface area contributed by atoms with E-state index in [9.17, 15) is 21.6 Å². The molecule has 0 unspecified atom stereocenters. The van der Waals surface area contributed by atoms with Crippen LogP contribution in [-0.4, -0.2) is 77.6 Å². The molecule has 1 N–H and O–H groups in total. The van der Waals surface area contributed by atoms with Crippen LogP contribution < -0.4 is 4.72 Å². The number of nitrogens with zero attached hydrogens (tertiary/aromatic N) is 2. The molecule has 0 spiro atoms. The van der Waals surface area contributed by atoms with Gasteiger partial charge in [-0.05, 0) is 68.0 Å². The highest BCUT2D eigenvalue weighted by molar-refractivity contribution is 7.98. The molecule has 2 heterocycles. The number of hydrogen-bond donors (Lipinski definition) is 1. The average Bonchev–Trinajstić information content (AvgIpc) is 2.89. The van der Waals surface area contributed by atoms with Crippen molar-refractivity contribution in [3.8, 4) is 0 Å². The minimum Gasteiger partial charge on any atom is -0.379 e. The standard InChI is InChI=1S/C23H29N3O6S3/c1-33-22-10-9-20(17-21(22)23(27)25-11-3-2-4-12-25)34(28,29)24-18-5-7-19(8-6-18)35(30,31)26-13-15-32-16-14-26/h5-10,17,24H,2-4,11-16H2,1H3. The Morgan fingerprint density at radius 3 is 2.14 bits per heavy atom. The molecular weight excluding hydrogens is 510 g/mol. The summed E-state index contributed by atoms with van der Waals surface area (Å²) in [6.07, 6.45) is 4.82. The zero-order valence-electron chi connectivity index (χ0n) is 19.5. The molecule has 9 nitrogen and oxygen atoms in total. The summed E-state index contributed by atoms with van der Waals surface area (Å²) >= 11 is 1.40. The summed E-state index contributed by atoms with van der Waals surface area (Å²) in [5.41, 5.74) is 0.595. The van der Waals surface area contributed by atoms with Crippen molar-refractivity contribution in [2.24, 2.45) is 0 Å². The zero-order valence-corrected chi connectivity index (χ0v) is 21.9. The summed E-state index contributed by atoms with van der Waals surface area (Å²) < 4.78 is 60.8. The molecule has 2 aliphatic rings. The highest BCUT2D eigenvalue weighted by atomic mass is 32.2. The van der Waals surface area contributed by atoms with Gasteiger partial charge in [0.2, 0.25) is 10.0 Å². The number of thioether (sulfide) groups is 1. The van der Waals surface area contributed by atoms with Gasteiger partial charge in [0.05, 0.1) is 28.6 Å². The van der Waals surface area contributed by atoms with Gasteiger partial charge in [-0.2, -0.15) is 4.31 Å². The lowest BCUT2D eigenvalue weighted by Gasteiger charge is -2.27. The summed E-state index contributed by atoms with van der Waals surface area (Å²) in [7, 11) is -7.68. The van der Waals surface area contributed by atoms with Gasteiger partial charge in [0, 0.05) is 36.8 Å². The Kier molecular flexibility index (Phi) is 8.06. The predicted octanol–water partition coefficient (Wildman–Crippen LogP) is 2.86. The van der Waals surface area contributed by atoms with Crippen LogP contribution in [-0.2, 0) is 24.8 Å². The van der Waals surface area contributed by atoms with Crippen molar-refractivity contribution in [3.63, 3.8) is 0 Å². The Morgan fingerprint density at radius 1 is 0.886 bits per heavy atom. The molecule has 0 bridgehead atoms. The maximum atomic E-state index is 13.1. The van der Waals surface area contributed by atoms with Crippen LogP contribution in [0.25, 0.3) is 0 Å². The monoisotopic (exact) mass is 539 g/mol. The van der Waals surface area contributed by atoms with Gasteiger partial charge in [-0.1, -0.05) is 0 Å². The first-order valence-corrected chi connectivity index (χ1v) is 15.6. The van der Waals surface area contributed by atoms with E-state index >= 15 is 0 Å². The number of anilines is 1. The molecule has 0 aromatic heterocycles. The van der Waals surface area contributed by atoms with E-state index in [0.717, 1.165) is 24.2 Å². The van der Waals surface area contributed by atoms with Crippen LogP contribution in [0.4, 0.5) is 5.69 Å². The number of sulfonamides is 2. The Labute approximate surface area is 210 Å². The molecule has 2 aromatic rings. The van der Waals surface area contributed by atoms with Crippen LogP contribution in [0.3, 0.4) is 0 Å². The van der Waals surface area contributed by atoms with E-state index < -0.39 is 20.0 Å². The first-order chi connectivity index (χ1) is 16.7. The van der Waals surface area contributed by atoms with Gasteiger partial charge < -0.3 is 9.64 Å². The number of nitrogens with one attached hydrogen (secondary N) is 1. The number of rotatable bonds is 7. The fraction of sp³-hybridized carbons (Fsp3) is 0.435. The molecular formula is C23H29N3O6S3. The molecule has 0 aliphatic carbocycles. The first-order valence-electron chi connectivity index (χ1n) is 11.4. The van der Waals surface area contributed by atoms with Crippen molar-refractivity contribution in [3.05, 3.63) is 48.0 Å². The Bertz CT molecular complexity index is 1270. The second kappa shape index (κ2) is 10.9. The molecule has 12 heteroatoms. The summed E-state index contributed by atoms with van der Waals surface area (Å²) in [5.74, 6) is -0.163. The third-order valence-corrected chi connectivity index (χ3v) is 10.2. The third-order valence-electron chi connectivity index (χ3n) is 6.07. The number of likely N-dealkylation sites (tertiary alicyclic amines) is 1. The Balaban J connectivity index is 1.54. The second-order valence-electron chi connectivity index (χ2n) is 8.36. The van der Waals surface area contributed by atoms with Crippen molar-refractivity contribution in [1.29, 1.82) is 0 Å². The lowest BCUT2D eigenvalue weighted by molar-refractivity contribution is 0.0720. The molecule has 0 atom stereocenters. The zero-order chi connectivity index (χ0) is 25.1. The Morgan fingerprint density at radius 2 is 1.51 bits per heavy atom. The molecule has 1 amide bonds. The van der Waals surface area contributed by atoms with Crippen molar-refractivity contribution < 1.29 is 26.4 Å². The largest absolute Gasteiger partial charge is 0.379 e. The number of carbonyl (C=O) groups excluding carboxylic acids is 1. The van der Waals surface area contributed by atoms with Crippen molar-refractivity contribution in [2.45, 2.75) is 33.9 Å². The minimum absolute atomic E-state index is 0.0272. The molecule has 190 valence electrons. The number of carbonyl (C=O) groups is 1. The molecule has 2 saturated heterocycles. The SMILES string of the molecule is CSc1ccc(S(=O)(=O)Nc2ccc(S(=O)(=O)N3CCOCC3)cc2)cc1C(=O)N1CCCCC1. The fourth-order valence-electron chi connectivity index (χ4n) is 4.13. The highest BCUT2D eigenvalue weighted by Crippen LogP contribution is 2.28. The molecule has 2 aromatic carbocycles. The lowest BCUT2D eigenvalue weighted by Crippen LogP contribution is -2.40. The summed E-state index contributed by atoms with van der Waals surface area (Å²) in [6.45, 7) is 2.58.